The van der Waals surface area contributed by atoms with Gasteiger partial charge in [0.05, 0.1) is 21.7 Å². The highest BCUT2D eigenvalue weighted by atomic mass is 32.2. The van der Waals surface area contributed by atoms with Gasteiger partial charge in [0.2, 0.25) is 10.0 Å². The van der Waals surface area contributed by atoms with Crippen LogP contribution in [0.15, 0.2) is 58.4 Å². The Hall–Kier alpha value is -2.33. The number of thiazole rings is 1. The van der Waals surface area contributed by atoms with Gasteiger partial charge in [-0.3, -0.25) is 4.79 Å². The first-order valence-electron chi connectivity index (χ1n) is 11.7. The number of carbonyl (C=O) groups is 1. The fraction of sp³-hybridized carbons (Fsp3) is 0.440. The minimum atomic E-state index is -3.61. The van der Waals surface area contributed by atoms with E-state index in [9.17, 15) is 13.2 Å². The Kier molecular flexibility index (Phi) is 9.58. The van der Waals surface area contributed by atoms with E-state index >= 15 is 0 Å². The summed E-state index contributed by atoms with van der Waals surface area (Å²) < 4.78 is 36.1. The van der Waals surface area contributed by atoms with Gasteiger partial charge in [-0.25, -0.2) is 8.42 Å². The molecule has 0 spiro atoms. The molecule has 7 nitrogen and oxygen atoms in total. The fourth-order valence-corrected chi connectivity index (χ4v) is 6.17. The van der Waals surface area contributed by atoms with E-state index in [1.165, 1.54) is 23.5 Å². The zero-order valence-corrected chi connectivity index (χ0v) is 21.7. The first-order valence-corrected chi connectivity index (χ1v) is 13.9. The van der Waals surface area contributed by atoms with Crippen LogP contribution in [0.5, 0.6) is 0 Å². The van der Waals surface area contributed by atoms with Crippen LogP contribution >= 0.6 is 11.3 Å². The largest absolute Gasteiger partial charge is 0.383 e. The Bertz CT molecular complexity index is 1250. The van der Waals surface area contributed by atoms with Gasteiger partial charge in [-0.1, -0.05) is 50.2 Å². The highest BCUT2D eigenvalue weighted by Gasteiger charge is 2.23. The molecule has 0 saturated carbocycles. The molecule has 34 heavy (non-hydrogen) atoms. The van der Waals surface area contributed by atoms with Crippen molar-refractivity contribution in [1.29, 1.82) is 0 Å². The van der Waals surface area contributed by atoms with E-state index in [1.54, 1.807) is 23.5 Å². The second-order valence-corrected chi connectivity index (χ2v) is 11.0. The van der Waals surface area contributed by atoms with Crippen molar-refractivity contribution in [2.45, 2.75) is 51.0 Å². The van der Waals surface area contributed by atoms with E-state index in [2.05, 4.69) is 4.99 Å². The average Bonchev–Trinajstić information content (AvgIpc) is 3.19. The summed E-state index contributed by atoms with van der Waals surface area (Å²) in [5.74, 6) is -0.407. The van der Waals surface area contributed by atoms with E-state index in [1.807, 2.05) is 42.7 Å². The Morgan fingerprint density at radius 3 is 2.29 bits per heavy atom. The Morgan fingerprint density at radius 1 is 1.03 bits per heavy atom. The normalized spacial score (nSPS) is 12.6. The lowest BCUT2D eigenvalue weighted by Gasteiger charge is -2.22. The van der Waals surface area contributed by atoms with Crippen LogP contribution in [0.3, 0.4) is 0 Å². The van der Waals surface area contributed by atoms with E-state index < -0.39 is 15.9 Å². The van der Waals surface area contributed by atoms with Crippen LogP contribution in [0.1, 0.15) is 49.9 Å². The van der Waals surface area contributed by atoms with Crippen molar-refractivity contribution in [2.24, 2.45) is 4.99 Å². The number of rotatable bonds is 12. The molecule has 0 saturated heterocycles. The summed E-state index contributed by atoms with van der Waals surface area (Å²) in [6, 6.07) is 14.0. The second-order valence-electron chi connectivity index (χ2n) is 8.05. The minimum absolute atomic E-state index is 0.202. The molecule has 0 radical (unpaired) electrons. The summed E-state index contributed by atoms with van der Waals surface area (Å²) in [4.78, 5) is 18.1. The minimum Gasteiger partial charge on any atom is -0.383 e. The molecule has 3 aromatic rings. The van der Waals surface area contributed by atoms with Crippen molar-refractivity contribution in [1.82, 2.24) is 8.87 Å². The first kappa shape index (κ1) is 26.3. The number of methoxy groups -OCH3 is 1. The predicted octanol–water partition coefficient (Wildman–Crippen LogP) is 4.68. The fourth-order valence-electron chi connectivity index (χ4n) is 3.60. The number of carbonyl (C=O) groups excluding carboxylic acids is 1. The summed E-state index contributed by atoms with van der Waals surface area (Å²) >= 11 is 1.44. The van der Waals surface area contributed by atoms with E-state index in [0.717, 1.165) is 35.9 Å². The molecule has 9 heteroatoms. The number of nitrogens with zero attached hydrogens (tertiary/aromatic N) is 3. The molecule has 1 amide bonds. The zero-order valence-electron chi connectivity index (χ0n) is 20.1. The average molecular weight is 504 g/mol. The number of hydrogen-bond donors (Lipinski definition) is 0. The first-order chi connectivity index (χ1) is 16.4. The molecule has 184 valence electrons. The lowest BCUT2D eigenvalue weighted by Crippen LogP contribution is -2.33. The van der Waals surface area contributed by atoms with Gasteiger partial charge < -0.3 is 9.30 Å². The molecule has 0 aliphatic carbocycles. The Morgan fingerprint density at radius 2 is 1.68 bits per heavy atom. The number of para-hydroxylation sites is 1. The van der Waals surface area contributed by atoms with Gasteiger partial charge in [-0.2, -0.15) is 9.30 Å². The van der Waals surface area contributed by atoms with Crippen molar-refractivity contribution >= 4 is 37.5 Å². The number of sulfonamides is 1. The molecule has 0 bridgehead atoms. The number of ether oxygens (including phenoxy) is 1. The lowest BCUT2D eigenvalue weighted by molar-refractivity contribution is 0.0997. The quantitative estimate of drug-likeness (QED) is 0.359. The molecule has 3 rings (SSSR count). The summed E-state index contributed by atoms with van der Waals surface area (Å²) in [5.41, 5.74) is 1.35. The number of aromatic nitrogens is 1. The maximum absolute atomic E-state index is 13.2. The van der Waals surface area contributed by atoms with Crippen molar-refractivity contribution in [2.75, 3.05) is 26.8 Å². The molecule has 0 aliphatic rings. The van der Waals surface area contributed by atoms with Crippen molar-refractivity contribution in [3.8, 4) is 0 Å². The van der Waals surface area contributed by atoms with Crippen molar-refractivity contribution < 1.29 is 17.9 Å². The van der Waals surface area contributed by atoms with Gasteiger partial charge in [0.15, 0.2) is 4.80 Å². The van der Waals surface area contributed by atoms with Crippen LogP contribution in [0.2, 0.25) is 0 Å². The number of unbranched alkanes of at least 4 members (excludes halogenated alkanes) is 2. The van der Waals surface area contributed by atoms with Crippen LogP contribution in [0.25, 0.3) is 10.2 Å². The smallest absolute Gasteiger partial charge is 0.279 e. The third-order valence-corrected chi connectivity index (χ3v) is 8.54. The number of amides is 1. The van der Waals surface area contributed by atoms with Gasteiger partial charge in [0.25, 0.3) is 5.91 Å². The van der Waals surface area contributed by atoms with E-state index in [0.29, 0.717) is 36.6 Å². The molecule has 2 aromatic carbocycles. The standard InChI is InChI=1S/C25H33N3O4S2/c1-4-6-16-27(17-7-5-2)34(30,31)21-14-12-20(13-15-21)24(29)26-25-28(18-19-32-3)22-10-8-9-11-23(22)33-25/h8-15H,4-7,16-19H2,1-3H3. The van der Waals surface area contributed by atoms with Crippen molar-refractivity contribution in [3.63, 3.8) is 0 Å². The molecule has 0 N–H and O–H groups in total. The third-order valence-electron chi connectivity index (χ3n) is 5.57. The molecule has 0 unspecified atom stereocenters. The monoisotopic (exact) mass is 503 g/mol. The SMILES string of the molecule is CCCCN(CCCC)S(=O)(=O)c1ccc(C(=O)N=c2sc3ccccc3n2CCOC)cc1. The van der Waals surface area contributed by atoms with Gasteiger partial charge in [-0.15, -0.1) is 0 Å². The van der Waals surface area contributed by atoms with Crippen LogP contribution in [0.4, 0.5) is 0 Å². The van der Waals surface area contributed by atoms with Crippen LogP contribution in [-0.2, 0) is 21.3 Å². The maximum atomic E-state index is 13.2. The molecular weight excluding hydrogens is 470 g/mol. The molecule has 0 aliphatic heterocycles. The topological polar surface area (TPSA) is 81.0 Å². The van der Waals surface area contributed by atoms with Crippen LogP contribution in [-0.4, -0.2) is 50.0 Å². The van der Waals surface area contributed by atoms with Crippen LogP contribution < -0.4 is 4.80 Å². The molecule has 0 atom stereocenters. The summed E-state index contributed by atoms with van der Waals surface area (Å²) in [7, 11) is -1.97. The Labute approximate surface area is 205 Å². The molecule has 1 aromatic heterocycles. The van der Waals surface area contributed by atoms with Crippen LogP contribution in [0, 0.1) is 0 Å². The predicted molar refractivity (Wildman–Crippen MR) is 137 cm³/mol. The number of hydrogen-bond acceptors (Lipinski definition) is 5. The highest BCUT2D eigenvalue weighted by molar-refractivity contribution is 7.89. The number of fused-ring (bicyclic) bond motifs is 1. The summed E-state index contributed by atoms with van der Waals surface area (Å²) in [6.45, 7) is 6.18. The Balaban J connectivity index is 1.88. The molecule has 1 heterocycles. The second kappa shape index (κ2) is 12.4. The molecular formula is C25H33N3O4S2. The van der Waals surface area contributed by atoms with Gasteiger partial charge in [0, 0.05) is 32.3 Å². The molecule has 0 fully saturated rings. The number of benzene rings is 2. The van der Waals surface area contributed by atoms with Gasteiger partial charge >= 0.3 is 0 Å². The highest BCUT2D eigenvalue weighted by Crippen LogP contribution is 2.19. The van der Waals surface area contributed by atoms with Gasteiger partial charge in [0.1, 0.15) is 0 Å². The third kappa shape index (κ3) is 6.21. The maximum Gasteiger partial charge on any atom is 0.279 e. The lowest BCUT2D eigenvalue weighted by atomic mass is 10.2. The summed E-state index contributed by atoms with van der Waals surface area (Å²) in [6.07, 6.45) is 3.48. The van der Waals surface area contributed by atoms with E-state index in [4.69, 9.17) is 4.74 Å². The zero-order chi connectivity index (χ0) is 24.6. The van der Waals surface area contributed by atoms with Crippen molar-refractivity contribution in [3.05, 3.63) is 58.9 Å². The van der Waals surface area contributed by atoms with E-state index in [-0.39, 0.29) is 4.90 Å². The summed E-state index contributed by atoms with van der Waals surface area (Å²) in [5, 5.41) is 0. The van der Waals surface area contributed by atoms with Gasteiger partial charge in [-0.05, 0) is 49.2 Å².